The van der Waals surface area contributed by atoms with Crippen molar-refractivity contribution in [1.29, 1.82) is 0 Å². The molecule has 3 amide bonds. The second-order valence-electron chi connectivity index (χ2n) is 6.94. The van der Waals surface area contributed by atoms with Gasteiger partial charge < -0.3 is 15.0 Å². The average molecular weight is 439 g/mol. The molecule has 0 radical (unpaired) electrons. The van der Waals surface area contributed by atoms with Gasteiger partial charge in [-0.1, -0.05) is 23.5 Å². The minimum absolute atomic E-state index is 0.0993. The van der Waals surface area contributed by atoms with Gasteiger partial charge in [0.2, 0.25) is 0 Å². The number of carbonyl (C=O) groups is 2. The zero-order valence-corrected chi connectivity index (χ0v) is 17.8. The molecule has 2 N–H and O–H groups in total. The average Bonchev–Trinajstić information content (AvgIpc) is 3.21. The van der Waals surface area contributed by atoms with Crippen LogP contribution in [0.15, 0.2) is 42.9 Å². The molecule has 0 spiro atoms. The summed E-state index contributed by atoms with van der Waals surface area (Å²) in [6.45, 7) is 1.61. The first-order chi connectivity index (χ1) is 15.1. The lowest BCUT2D eigenvalue weighted by molar-refractivity contribution is 0.102. The summed E-state index contributed by atoms with van der Waals surface area (Å²) in [6.07, 6.45) is 5.77. The lowest BCUT2D eigenvalue weighted by Gasteiger charge is -2.26. The van der Waals surface area contributed by atoms with Crippen molar-refractivity contribution in [1.82, 2.24) is 25.2 Å². The molecule has 31 heavy (non-hydrogen) atoms. The molecule has 1 aliphatic heterocycles. The highest BCUT2D eigenvalue weighted by molar-refractivity contribution is 7.15. The number of urea groups is 1. The molecular weight excluding hydrogens is 416 g/mol. The number of ether oxygens (including phenoxy) is 1. The van der Waals surface area contributed by atoms with Gasteiger partial charge in [-0.2, -0.15) is 0 Å². The van der Waals surface area contributed by atoms with Crippen LogP contribution >= 0.6 is 11.3 Å². The van der Waals surface area contributed by atoms with Gasteiger partial charge in [-0.15, -0.1) is 0 Å². The maximum absolute atomic E-state index is 12.6. The number of methoxy groups -OCH3 is 1. The fourth-order valence-corrected chi connectivity index (χ4v) is 4.24. The molecule has 2 aromatic heterocycles. The number of amides is 3. The molecular formula is C21H22N6O3S. The van der Waals surface area contributed by atoms with Crippen LogP contribution in [0.5, 0.6) is 5.75 Å². The molecule has 9 nitrogen and oxygen atoms in total. The molecule has 3 aromatic rings. The van der Waals surface area contributed by atoms with Crippen molar-refractivity contribution in [2.24, 2.45) is 0 Å². The quantitative estimate of drug-likeness (QED) is 0.612. The number of rotatable bonds is 6. The minimum atomic E-state index is -0.354. The van der Waals surface area contributed by atoms with E-state index in [1.807, 2.05) is 24.3 Å². The maximum Gasteiger partial charge on any atom is 0.317 e. The largest absolute Gasteiger partial charge is 0.497 e. The maximum atomic E-state index is 12.6. The summed E-state index contributed by atoms with van der Waals surface area (Å²) < 4.78 is 5.16. The second-order valence-corrected chi connectivity index (χ2v) is 8.02. The Bertz CT molecular complexity index is 1050. The van der Waals surface area contributed by atoms with Crippen molar-refractivity contribution >= 4 is 28.4 Å². The SMILES string of the molecule is COc1ccc(CCNC(=O)N2CCc3nc(NC(=O)c4cnccn4)sc3C2)cc1. The van der Waals surface area contributed by atoms with Crippen LogP contribution in [0.2, 0.25) is 0 Å². The van der Waals surface area contributed by atoms with Crippen molar-refractivity contribution in [2.45, 2.75) is 19.4 Å². The fraction of sp³-hybridized carbons (Fsp3) is 0.286. The Morgan fingerprint density at radius 2 is 2.06 bits per heavy atom. The first-order valence-electron chi connectivity index (χ1n) is 9.84. The van der Waals surface area contributed by atoms with Gasteiger partial charge in [-0.3, -0.25) is 15.1 Å². The molecule has 3 heterocycles. The van der Waals surface area contributed by atoms with E-state index >= 15 is 0 Å². The van der Waals surface area contributed by atoms with E-state index in [4.69, 9.17) is 4.74 Å². The summed E-state index contributed by atoms with van der Waals surface area (Å²) in [5, 5.41) is 6.24. The standard InChI is InChI=1S/C21H22N6O3S/c1-30-15-4-2-14(3-5-15)6-8-24-21(29)27-11-7-16-18(13-27)31-20(25-16)26-19(28)17-12-22-9-10-23-17/h2-5,9-10,12H,6-8,11,13H2,1H3,(H,24,29)(H,25,26,28). The number of nitrogens with one attached hydrogen (secondary N) is 2. The zero-order chi connectivity index (χ0) is 21.6. The monoisotopic (exact) mass is 438 g/mol. The molecule has 0 atom stereocenters. The van der Waals surface area contributed by atoms with Gasteiger partial charge >= 0.3 is 6.03 Å². The molecule has 1 aliphatic rings. The zero-order valence-electron chi connectivity index (χ0n) is 17.0. The van der Waals surface area contributed by atoms with E-state index in [9.17, 15) is 9.59 Å². The number of carbonyl (C=O) groups excluding carboxylic acids is 2. The van der Waals surface area contributed by atoms with Crippen LogP contribution in [0.4, 0.5) is 9.93 Å². The van der Waals surface area contributed by atoms with Gasteiger partial charge in [-0.05, 0) is 24.1 Å². The highest BCUT2D eigenvalue weighted by Gasteiger charge is 2.24. The summed E-state index contributed by atoms with van der Waals surface area (Å²) in [6, 6.07) is 7.71. The molecule has 0 saturated heterocycles. The molecule has 0 fully saturated rings. The van der Waals surface area contributed by atoms with Crippen molar-refractivity contribution < 1.29 is 14.3 Å². The Balaban J connectivity index is 1.29. The summed E-state index contributed by atoms with van der Waals surface area (Å²) in [5.74, 6) is 0.459. The molecule has 0 aliphatic carbocycles. The number of aromatic nitrogens is 3. The topological polar surface area (TPSA) is 109 Å². The predicted octanol–water partition coefficient (Wildman–Crippen LogP) is 2.50. The summed E-state index contributed by atoms with van der Waals surface area (Å²) in [7, 11) is 1.64. The summed E-state index contributed by atoms with van der Waals surface area (Å²) >= 11 is 1.38. The Morgan fingerprint density at radius 1 is 1.23 bits per heavy atom. The molecule has 160 valence electrons. The molecule has 0 unspecified atom stereocenters. The van der Waals surface area contributed by atoms with Crippen molar-refractivity contribution in [3.8, 4) is 5.75 Å². The third-order valence-electron chi connectivity index (χ3n) is 4.88. The molecule has 10 heteroatoms. The van der Waals surface area contributed by atoms with Crippen LogP contribution in [0.1, 0.15) is 26.6 Å². The molecule has 0 bridgehead atoms. The second kappa shape index (κ2) is 9.52. The number of nitrogens with zero attached hydrogens (tertiary/aromatic N) is 4. The highest BCUT2D eigenvalue weighted by atomic mass is 32.1. The first-order valence-corrected chi connectivity index (χ1v) is 10.7. The summed E-state index contributed by atoms with van der Waals surface area (Å²) in [4.78, 5) is 39.9. The number of thiazole rings is 1. The van der Waals surface area contributed by atoms with Gasteiger partial charge in [0, 0.05) is 36.8 Å². The van der Waals surface area contributed by atoms with E-state index in [2.05, 4.69) is 25.6 Å². The Hall–Kier alpha value is -3.53. The fourth-order valence-electron chi connectivity index (χ4n) is 3.22. The van der Waals surface area contributed by atoms with Crippen LogP contribution < -0.4 is 15.4 Å². The van der Waals surface area contributed by atoms with Gasteiger partial charge in [-0.25, -0.2) is 14.8 Å². The Labute approximate surface area is 183 Å². The van der Waals surface area contributed by atoms with Crippen molar-refractivity contribution in [2.75, 3.05) is 25.5 Å². The smallest absolute Gasteiger partial charge is 0.317 e. The lowest BCUT2D eigenvalue weighted by atomic mass is 10.1. The number of hydrogen-bond acceptors (Lipinski definition) is 7. The van der Waals surface area contributed by atoms with E-state index in [1.54, 1.807) is 12.0 Å². The van der Waals surface area contributed by atoms with Crippen molar-refractivity contribution in [3.63, 3.8) is 0 Å². The van der Waals surface area contributed by atoms with Crippen LogP contribution in [-0.2, 0) is 19.4 Å². The van der Waals surface area contributed by atoms with Gasteiger partial charge in [0.1, 0.15) is 11.4 Å². The van der Waals surface area contributed by atoms with E-state index in [0.717, 1.165) is 28.3 Å². The number of fused-ring (bicyclic) bond motifs is 1. The number of anilines is 1. The minimum Gasteiger partial charge on any atom is -0.497 e. The number of benzene rings is 1. The third-order valence-corrected chi connectivity index (χ3v) is 5.88. The van der Waals surface area contributed by atoms with Crippen molar-refractivity contribution in [3.05, 3.63) is 64.7 Å². The molecule has 0 saturated carbocycles. The third kappa shape index (κ3) is 5.15. The molecule has 1 aromatic carbocycles. The first kappa shape index (κ1) is 20.7. The van der Waals surface area contributed by atoms with E-state index in [1.165, 1.54) is 29.9 Å². The van der Waals surface area contributed by atoms with Crippen LogP contribution in [0.3, 0.4) is 0 Å². The Morgan fingerprint density at radius 3 is 2.81 bits per heavy atom. The Kier molecular flexibility index (Phi) is 6.37. The van der Waals surface area contributed by atoms with Gasteiger partial charge in [0.15, 0.2) is 5.13 Å². The lowest BCUT2D eigenvalue weighted by Crippen LogP contribution is -2.43. The highest BCUT2D eigenvalue weighted by Crippen LogP contribution is 2.28. The number of hydrogen-bond donors (Lipinski definition) is 2. The van der Waals surface area contributed by atoms with E-state index in [-0.39, 0.29) is 17.6 Å². The normalized spacial score (nSPS) is 12.7. The van der Waals surface area contributed by atoms with E-state index in [0.29, 0.717) is 31.2 Å². The van der Waals surface area contributed by atoms with Crippen LogP contribution in [0.25, 0.3) is 0 Å². The van der Waals surface area contributed by atoms with E-state index < -0.39 is 0 Å². The van der Waals surface area contributed by atoms with Crippen LogP contribution in [-0.4, -0.2) is 52.0 Å². The summed E-state index contributed by atoms with van der Waals surface area (Å²) in [5.41, 5.74) is 2.28. The van der Waals surface area contributed by atoms with Gasteiger partial charge in [0.05, 0.1) is 25.5 Å². The predicted molar refractivity (Wildman–Crippen MR) is 116 cm³/mol. The molecule has 4 rings (SSSR count). The van der Waals surface area contributed by atoms with Crippen LogP contribution in [0, 0.1) is 0 Å². The van der Waals surface area contributed by atoms with Gasteiger partial charge in [0.25, 0.3) is 5.91 Å².